The van der Waals surface area contributed by atoms with Crippen molar-refractivity contribution in [2.24, 2.45) is 0 Å². The van der Waals surface area contributed by atoms with Gasteiger partial charge < -0.3 is 15.1 Å². The fourth-order valence-corrected chi connectivity index (χ4v) is 2.26. The third-order valence-corrected chi connectivity index (χ3v) is 3.68. The molecule has 0 saturated carbocycles. The lowest BCUT2D eigenvalue weighted by atomic mass is 10.2. The SMILES string of the molecule is CC(=O)N1CCN(C(=O)/C(C#N)=C\Nc2ccc(Cl)cn2)CC1. The Kier molecular flexibility index (Phi) is 5.55. The Morgan fingerprint density at radius 3 is 2.48 bits per heavy atom. The molecule has 0 bridgehead atoms. The highest BCUT2D eigenvalue weighted by atomic mass is 35.5. The van der Waals surface area contributed by atoms with E-state index in [1.54, 1.807) is 21.9 Å². The Hall–Kier alpha value is -2.59. The topological polar surface area (TPSA) is 89.3 Å². The molecule has 2 rings (SSSR count). The van der Waals surface area contributed by atoms with Crippen molar-refractivity contribution < 1.29 is 9.59 Å². The second-order valence-corrected chi connectivity index (χ2v) is 5.41. The number of pyridine rings is 1. The summed E-state index contributed by atoms with van der Waals surface area (Å²) in [5.41, 5.74) is -0.0157. The number of hydrogen-bond donors (Lipinski definition) is 1. The summed E-state index contributed by atoms with van der Waals surface area (Å²) in [5, 5.41) is 12.5. The smallest absolute Gasteiger partial charge is 0.266 e. The Morgan fingerprint density at radius 2 is 1.96 bits per heavy atom. The number of piperazine rings is 1. The Bertz CT molecular complexity index is 657. The average molecular weight is 334 g/mol. The number of nitrogens with zero attached hydrogens (tertiary/aromatic N) is 4. The van der Waals surface area contributed by atoms with Crippen LogP contribution in [0.2, 0.25) is 5.02 Å². The number of aromatic nitrogens is 1. The molecule has 120 valence electrons. The minimum absolute atomic E-state index is 0.0105. The molecular weight excluding hydrogens is 318 g/mol. The summed E-state index contributed by atoms with van der Waals surface area (Å²) in [4.78, 5) is 30.9. The molecule has 2 amide bonds. The monoisotopic (exact) mass is 333 g/mol. The zero-order valence-electron chi connectivity index (χ0n) is 12.6. The molecule has 23 heavy (non-hydrogen) atoms. The molecule has 1 aliphatic rings. The van der Waals surface area contributed by atoms with Crippen molar-refractivity contribution in [1.82, 2.24) is 14.8 Å². The van der Waals surface area contributed by atoms with Gasteiger partial charge in [0.25, 0.3) is 5.91 Å². The van der Waals surface area contributed by atoms with Gasteiger partial charge in [0.1, 0.15) is 17.5 Å². The summed E-state index contributed by atoms with van der Waals surface area (Å²) in [6.07, 6.45) is 2.79. The molecule has 0 radical (unpaired) electrons. The van der Waals surface area contributed by atoms with Gasteiger partial charge in [0.05, 0.1) is 5.02 Å². The van der Waals surface area contributed by atoms with E-state index in [2.05, 4.69) is 10.3 Å². The lowest BCUT2D eigenvalue weighted by Gasteiger charge is -2.34. The van der Waals surface area contributed by atoms with Gasteiger partial charge in [0, 0.05) is 45.5 Å². The minimum atomic E-state index is -0.364. The van der Waals surface area contributed by atoms with Crippen LogP contribution in [0.3, 0.4) is 0 Å². The lowest BCUT2D eigenvalue weighted by Crippen LogP contribution is -2.50. The molecule has 0 spiro atoms. The van der Waals surface area contributed by atoms with Crippen LogP contribution in [0, 0.1) is 11.3 Å². The van der Waals surface area contributed by atoms with E-state index in [0.29, 0.717) is 37.0 Å². The number of rotatable bonds is 3. The van der Waals surface area contributed by atoms with Gasteiger partial charge in [0.15, 0.2) is 0 Å². The van der Waals surface area contributed by atoms with Crippen LogP contribution in [0.4, 0.5) is 5.82 Å². The van der Waals surface area contributed by atoms with Crippen molar-refractivity contribution in [3.05, 3.63) is 35.1 Å². The lowest BCUT2D eigenvalue weighted by molar-refractivity contribution is -0.136. The van der Waals surface area contributed by atoms with Crippen LogP contribution in [-0.4, -0.2) is 52.8 Å². The van der Waals surface area contributed by atoms with E-state index in [0.717, 1.165) is 0 Å². The summed E-state index contributed by atoms with van der Waals surface area (Å²) >= 11 is 5.74. The fraction of sp³-hybridized carbons (Fsp3) is 0.333. The maximum atomic E-state index is 12.3. The molecule has 1 fully saturated rings. The van der Waals surface area contributed by atoms with Gasteiger partial charge in [-0.15, -0.1) is 0 Å². The summed E-state index contributed by atoms with van der Waals surface area (Å²) in [5.74, 6) is 0.108. The normalized spacial score (nSPS) is 15.1. The van der Waals surface area contributed by atoms with Crippen LogP contribution in [0.25, 0.3) is 0 Å². The quantitative estimate of drug-likeness (QED) is 0.664. The van der Waals surface area contributed by atoms with Gasteiger partial charge in [-0.25, -0.2) is 4.98 Å². The average Bonchev–Trinajstić information content (AvgIpc) is 2.57. The van der Waals surface area contributed by atoms with Gasteiger partial charge >= 0.3 is 0 Å². The number of halogens is 1. The highest BCUT2D eigenvalue weighted by molar-refractivity contribution is 6.30. The van der Waals surface area contributed by atoms with Gasteiger partial charge in [-0.05, 0) is 12.1 Å². The maximum Gasteiger partial charge on any atom is 0.266 e. The van der Waals surface area contributed by atoms with Crippen molar-refractivity contribution in [2.45, 2.75) is 6.92 Å². The summed E-state index contributed by atoms with van der Waals surface area (Å²) < 4.78 is 0. The van der Waals surface area contributed by atoms with Crippen LogP contribution in [0.5, 0.6) is 0 Å². The van der Waals surface area contributed by atoms with Crippen molar-refractivity contribution in [3.63, 3.8) is 0 Å². The summed E-state index contributed by atoms with van der Waals surface area (Å²) in [7, 11) is 0. The highest BCUT2D eigenvalue weighted by Gasteiger charge is 2.24. The highest BCUT2D eigenvalue weighted by Crippen LogP contribution is 2.11. The second-order valence-electron chi connectivity index (χ2n) is 4.97. The van der Waals surface area contributed by atoms with Crippen LogP contribution in [-0.2, 0) is 9.59 Å². The van der Waals surface area contributed by atoms with E-state index in [-0.39, 0.29) is 17.4 Å². The van der Waals surface area contributed by atoms with E-state index in [1.165, 1.54) is 19.3 Å². The first-order valence-electron chi connectivity index (χ1n) is 7.04. The first-order valence-corrected chi connectivity index (χ1v) is 7.42. The Labute approximate surface area is 139 Å². The Morgan fingerprint density at radius 1 is 1.30 bits per heavy atom. The van der Waals surface area contributed by atoms with Crippen molar-refractivity contribution in [1.29, 1.82) is 5.26 Å². The number of anilines is 1. The fourth-order valence-electron chi connectivity index (χ4n) is 2.14. The summed E-state index contributed by atoms with van der Waals surface area (Å²) in [6.45, 7) is 3.28. The third kappa shape index (κ3) is 4.44. The molecule has 2 heterocycles. The molecule has 1 aliphatic heterocycles. The van der Waals surface area contributed by atoms with E-state index < -0.39 is 0 Å². The molecule has 8 heteroatoms. The molecule has 0 unspecified atom stereocenters. The predicted molar refractivity (Wildman–Crippen MR) is 85.4 cm³/mol. The number of nitriles is 1. The van der Waals surface area contributed by atoms with E-state index >= 15 is 0 Å². The molecule has 7 nitrogen and oxygen atoms in total. The van der Waals surface area contributed by atoms with Gasteiger partial charge in [-0.1, -0.05) is 11.6 Å². The molecule has 0 aliphatic carbocycles. The van der Waals surface area contributed by atoms with Crippen LogP contribution in [0.15, 0.2) is 30.1 Å². The third-order valence-electron chi connectivity index (χ3n) is 3.45. The largest absolute Gasteiger partial charge is 0.345 e. The Balaban J connectivity index is 1.99. The zero-order valence-corrected chi connectivity index (χ0v) is 13.4. The molecule has 1 aromatic rings. The number of carbonyl (C=O) groups excluding carboxylic acids is 2. The van der Waals surface area contributed by atoms with Gasteiger partial charge in [0.2, 0.25) is 5.91 Å². The molecule has 1 saturated heterocycles. The zero-order chi connectivity index (χ0) is 16.8. The molecule has 1 aromatic heterocycles. The van der Waals surface area contributed by atoms with E-state index in [4.69, 9.17) is 11.6 Å². The van der Waals surface area contributed by atoms with E-state index in [9.17, 15) is 14.9 Å². The standard InChI is InChI=1S/C15H16ClN5O2/c1-11(22)20-4-6-21(7-5-20)15(23)12(8-17)9-18-14-3-2-13(16)10-19-14/h2-3,9-10H,4-7H2,1H3,(H,18,19)/b12-9-. The first-order chi connectivity index (χ1) is 11.0. The minimum Gasteiger partial charge on any atom is -0.345 e. The maximum absolute atomic E-state index is 12.3. The van der Waals surface area contributed by atoms with Crippen molar-refractivity contribution in [3.8, 4) is 6.07 Å². The van der Waals surface area contributed by atoms with Gasteiger partial charge in [-0.2, -0.15) is 5.26 Å². The number of nitrogens with one attached hydrogen (secondary N) is 1. The van der Waals surface area contributed by atoms with Crippen LogP contribution in [0.1, 0.15) is 6.92 Å². The number of amides is 2. The molecule has 0 aromatic carbocycles. The van der Waals surface area contributed by atoms with Crippen LogP contribution < -0.4 is 5.32 Å². The second kappa shape index (κ2) is 7.61. The molecule has 1 N–H and O–H groups in total. The van der Waals surface area contributed by atoms with Crippen LogP contribution >= 0.6 is 11.6 Å². The molecular formula is C15H16ClN5O2. The number of carbonyl (C=O) groups is 2. The predicted octanol–water partition coefficient (Wildman–Crippen LogP) is 1.25. The number of hydrogen-bond acceptors (Lipinski definition) is 5. The first kappa shape index (κ1) is 16.8. The van der Waals surface area contributed by atoms with Crippen molar-refractivity contribution >= 4 is 29.2 Å². The summed E-state index contributed by atoms with van der Waals surface area (Å²) in [6, 6.07) is 5.18. The van der Waals surface area contributed by atoms with E-state index in [1.807, 2.05) is 6.07 Å². The van der Waals surface area contributed by atoms with Gasteiger partial charge in [-0.3, -0.25) is 9.59 Å². The molecule has 0 atom stereocenters. The van der Waals surface area contributed by atoms with Crippen molar-refractivity contribution in [2.75, 3.05) is 31.5 Å².